The fourth-order valence-corrected chi connectivity index (χ4v) is 2.87. The predicted octanol–water partition coefficient (Wildman–Crippen LogP) is 1.37. The molecule has 0 aromatic heterocycles. The van der Waals surface area contributed by atoms with Gasteiger partial charge in [0.25, 0.3) is 0 Å². The minimum absolute atomic E-state index is 0.209. The van der Waals surface area contributed by atoms with E-state index < -0.39 is 5.54 Å². The van der Waals surface area contributed by atoms with Crippen molar-refractivity contribution >= 4 is 5.91 Å². The third kappa shape index (κ3) is 4.05. The van der Waals surface area contributed by atoms with Crippen LogP contribution in [-0.4, -0.2) is 61.0 Å². The van der Waals surface area contributed by atoms with Gasteiger partial charge in [-0.3, -0.25) is 9.69 Å². The van der Waals surface area contributed by atoms with E-state index in [1.807, 2.05) is 44.0 Å². The molecule has 0 unspecified atom stereocenters. The lowest BCUT2D eigenvalue weighted by atomic mass is 9.99. The highest BCUT2D eigenvalue weighted by atomic mass is 16.2. The number of hydrogen-bond donors (Lipinski definition) is 1. The molecule has 1 amide bonds. The second-order valence-electron chi connectivity index (χ2n) is 6.26. The maximum atomic E-state index is 12.7. The number of nitrogens with one attached hydrogen (secondary N) is 1. The van der Waals surface area contributed by atoms with Crippen LogP contribution in [-0.2, 0) is 11.2 Å². The van der Waals surface area contributed by atoms with Crippen LogP contribution in [0.5, 0.6) is 0 Å². The number of piperazine rings is 1. The standard InChI is InChI=1S/C17H27N3O/c1-17(2,20-13-10-18-11-14-20)16(21)19(3)12-9-15-7-5-4-6-8-15/h4-8,18H,9-14H2,1-3H3. The summed E-state index contributed by atoms with van der Waals surface area (Å²) in [6.45, 7) is 8.64. The molecule has 1 N–H and O–H groups in total. The first-order valence-electron chi connectivity index (χ1n) is 7.77. The SMILES string of the molecule is CN(CCc1ccccc1)C(=O)C(C)(C)N1CCNCC1. The van der Waals surface area contributed by atoms with E-state index in [4.69, 9.17) is 0 Å². The van der Waals surface area contributed by atoms with E-state index in [1.165, 1.54) is 5.56 Å². The molecule has 0 bridgehead atoms. The normalized spacial score (nSPS) is 16.7. The Labute approximate surface area is 128 Å². The van der Waals surface area contributed by atoms with Crippen LogP contribution in [0.2, 0.25) is 0 Å². The first-order chi connectivity index (χ1) is 10.0. The fourth-order valence-electron chi connectivity index (χ4n) is 2.87. The zero-order valence-electron chi connectivity index (χ0n) is 13.4. The summed E-state index contributed by atoms with van der Waals surface area (Å²) in [5, 5.41) is 3.34. The minimum Gasteiger partial charge on any atom is -0.344 e. The quantitative estimate of drug-likeness (QED) is 0.889. The van der Waals surface area contributed by atoms with Crippen molar-refractivity contribution in [3.8, 4) is 0 Å². The maximum Gasteiger partial charge on any atom is 0.242 e. The van der Waals surface area contributed by atoms with E-state index in [0.717, 1.165) is 39.1 Å². The molecule has 4 heteroatoms. The summed E-state index contributed by atoms with van der Waals surface area (Å²) < 4.78 is 0. The molecule has 0 radical (unpaired) electrons. The molecule has 2 rings (SSSR count). The molecule has 1 aliphatic rings. The van der Waals surface area contributed by atoms with E-state index in [9.17, 15) is 4.79 Å². The van der Waals surface area contributed by atoms with E-state index in [-0.39, 0.29) is 5.91 Å². The molecule has 1 saturated heterocycles. The summed E-state index contributed by atoms with van der Waals surface area (Å²) in [4.78, 5) is 16.9. The molecule has 0 aliphatic carbocycles. The zero-order valence-corrected chi connectivity index (χ0v) is 13.4. The monoisotopic (exact) mass is 289 g/mol. The van der Waals surface area contributed by atoms with Gasteiger partial charge in [-0.2, -0.15) is 0 Å². The first kappa shape index (κ1) is 16.0. The molecule has 0 atom stereocenters. The average Bonchev–Trinajstić information content (AvgIpc) is 2.53. The van der Waals surface area contributed by atoms with Crippen molar-refractivity contribution in [3.05, 3.63) is 35.9 Å². The van der Waals surface area contributed by atoms with Crippen molar-refractivity contribution < 1.29 is 4.79 Å². The van der Waals surface area contributed by atoms with Crippen molar-refractivity contribution in [1.82, 2.24) is 15.1 Å². The molecule has 1 heterocycles. The smallest absolute Gasteiger partial charge is 0.242 e. The second kappa shape index (κ2) is 7.05. The van der Waals surface area contributed by atoms with E-state index >= 15 is 0 Å². The number of likely N-dealkylation sites (N-methyl/N-ethyl adjacent to an activating group) is 1. The van der Waals surface area contributed by atoms with Crippen LogP contribution in [0.1, 0.15) is 19.4 Å². The number of amides is 1. The molecule has 1 aliphatic heterocycles. The Morgan fingerprint density at radius 3 is 2.48 bits per heavy atom. The lowest BCUT2D eigenvalue weighted by Crippen LogP contribution is -2.60. The van der Waals surface area contributed by atoms with E-state index in [1.54, 1.807) is 0 Å². The summed E-state index contributed by atoms with van der Waals surface area (Å²) in [6.07, 6.45) is 0.903. The third-order valence-corrected chi connectivity index (χ3v) is 4.36. The molecule has 1 aromatic rings. The van der Waals surface area contributed by atoms with Gasteiger partial charge in [0, 0.05) is 39.8 Å². The molecule has 1 aromatic carbocycles. The summed E-state index contributed by atoms with van der Waals surface area (Å²) in [7, 11) is 1.91. The van der Waals surface area contributed by atoms with Crippen LogP contribution in [0, 0.1) is 0 Å². The number of rotatable bonds is 5. The molecule has 1 fully saturated rings. The summed E-state index contributed by atoms with van der Waals surface area (Å²) in [5.74, 6) is 0.209. The minimum atomic E-state index is -0.423. The topological polar surface area (TPSA) is 35.6 Å². The molecule has 0 saturated carbocycles. The van der Waals surface area contributed by atoms with Crippen molar-refractivity contribution in [2.24, 2.45) is 0 Å². The fraction of sp³-hybridized carbons (Fsp3) is 0.588. The van der Waals surface area contributed by atoms with Gasteiger partial charge >= 0.3 is 0 Å². The van der Waals surface area contributed by atoms with Crippen molar-refractivity contribution in [2.45, 2.75) is 25.8 Å². The van der Waals surface area contributed by atoms with Crippen LogP contribution in [0.3, 0.4) is 0 Å². The van der Waals surface area contributed by atoms with Gasteiger partial charge in [-0.25, -0.2) is 0 Å². The third-order valence-electron chi connectivity index (χ3n) is 4.36. The number of carbonyl (C=O) groups excluding carboxylic acids is 1. The van der Waals surface area contributed by atoms with Gasteiger partial charge in [-0.15, -0.1) is 0 Å². The number of benzene rings is 1. The molecule has 4 nitrogen and oxygen atoms in total. The van der Waals surface area contributed by atoms with Gasteiger partial charge in [-0.05, 0) is 25.8 Å². The summed E-state index contributed by atoms with van der Waals surface area (Å²) in [5.41, 5.74) is 0.852. The van der Waals surface area contributed by atoms with E-state index in [2.05, 4.69) is 22.3 Å². The average molecular weight is 289 g/mol. The van der Waals surface area contributed by atoms with Gasteiger partial charge in [-0.1, -0.05) is 30.3 Å². The van der Waals surface area contributed by atoms with Gasteiger partial charge < -0.3 is 10.2 Å². The van der Waals surface area contributed by atoms with Gasteiger partial charge in [0.15, 0.2) is 0 Å². The Morgan fingerprint density at radius 2 is 1.86 bits per heavy atom. The summed E-state index contributed by atoms with van der Waals surface area (Å²) in [6, 6.07) is 10.3. The Kier molecular flexibility index (Phi) is 5.37. The lowest BCUT2D eigenvalue weighted by molar-refractivity contribution is -0.141. The van der Waals surface area contributed by atoms with Crippen LogP contribution in [0.4, 0.5) is 0 Å². The summed E-state index contributed by atoms with van der Waals surface area (Å²) >= 11 is 0. The maximum absolute atomic E-state index is 12.7. The largest absolute Gasteiger partial charge is 0.344 e. The highest BCUT2D eigenvalue weighted by molar-refractivity contribution is 5.85. The van der Waals surface area contributed by atoms with Crippen LogP contribution < -0.4 is 5.32 Å². The predicted molar refractivity (Wildman–Crippen MR) is 86.3 cm³/mol. The van der Waals surface area contributed by atoms with Crippen molar-refractivity contribution in [1.29, 1.82) is 0 Å². The Bertz CT molecular complexity index is 452. The van der Waals surface area contributed by atoms with Crippen LogP contribution in [0.15, 0.2) is 30.3 Å². The highest BCUT2D eigenvalue weighted by Crippen LogP contribution is 2.18. The molecule has 116 valence electrons. The zero-order chi connectivity index (χ0) is 15.3. The molecule has 0 spiro atoms. The van der Waals surface area contributed by atoms with Gasteiger partial charge in [0.1, 0.15) is 0 Å². The van der Waals surface area contributed by atoms with Gasteiger partial charge in [0.2, 0.25) is 5.91 Å². The van der Waals surface area contributed by atoms with Crippen molar-refractivity contribution in [3.63, 3.8) is 0 Å². The molecular formula is C17H27N3O. The highest BCUT2D eigenvalue weighted by Gasteiger charge is 2.36. The number of nitrogens with zero attached hydrogens (tertiary/aromatic N) is 2. The Balaban J connectivity index is 1.91. The number of hydrogen-bond acceptors (Lipinski definition) is 3. The first-order valence-corrected chi connectivity index (χ1v) is 7.77. The van der Waals surface area contributed by atoms with Crippen LogP contribution >= 0.6 is 0 Å². The Morgan fingerprint density at radius 1 is 1.24 bits per heavy atom. The molecule has 21 heavy (non-hydrogen) atoms. The second-order valence-corrected chi connectivity index (χ2v) is 6.26. The lowest BCUT2D eigenvalue weighted by Gasteiger charge is -2.41. The number of carbonyl (C=O) groups is 1. The van der Waals surface area contributed by atoms with Crippen LogP contribution in [0.25, 0.3) is 0 Å². The molecular weight excluding hydrogens is 262 g/mol. The Hall–Kier alpha value is -1.39. The van der Waals surface area contributed by atoms with E-state index in [0.29, 0.717) is 0 Å². The van der Waals surface area contributed by atoms with Gasteiger partial charge in [0.05, 0.1) is 5.54 Å². The van der Waals surface area contributed by atoms with Crippen molar-refractivity contribution in [2.75, 3.05) is 39.8 Å².